The van der Waals surface area contributed by atoms with Gasteiger partial charge in [-0.2, -0.15) is 0 Å². The third kappa shape index (κ3) is 4.83. The Labute approximate surface area is 198 Å². The number of rotatable bonds is 9. The van der Waals surface area contributed by atoms with Crippen LogP contribution >= 0.6 is 0 Å². The number of benzene rings is 2. The first kappa shape index (κ1) is 23.2. The zero-order chi connectivity index (χ0) is 24.1. The van der Waals surface area contributed by atoms with Gasteiger partial charge in [-0.1, -0.05) is 18.2 Å². The number of para-hydroxylation sites is 1. The number of furan rings is 1. The Bertz CT molecular complexity index is 1260. The smallest absolute Gasteiger partial charge is 0.252 e. The fraction of sp³-hybridized carbons (Fsp3) is 0.259. The van der Waals surface area contributed by atoms with Crippen LogP contribution in [0.4, 0.5) is 0 Å². The number of methoxy groups -OCH3 is 3. The van der Waals surface area contributed by atoms with Crippen LogP contribution < -0.4 is 19.5 Å². The fourth-order valence-corrected chi connectivity index (χ4v) is 3.93. The first-order valence-electron chi connectivity index (χ1n) is 11.1. The Balaban J connectivity index is 1.69. The van der Waals surface area contributed by atoms with E-state index in [-0.39, 0.29) is 11.9 Å². The average Bonchev–Trinajstić information content (AvgIpc) is 3.39. The van der Waals surface area contributed by atoms with E-state index in [0.29, 0.717) is 28.5 Å². The number of nitrogens with one attached hydrogen (secondary N) is 1. The molecule has 1 N–H and O–H groups in total. The van der Waals surface area contributed by atoms with Gasteiger partial charge < -0.3 is 23.9 Å². The monoisotopic (exact) mass is 460 g/mol. The highest BCUT2D eigenvalue weighted by Crippen LogP contribution is 2.41. The van der Waals surface area contributed by atoms with Crippen LogP contribution in [-0.4, -0.2) is 38.3 Å². The second kappa shape index (κ2) is 10.3. The number of aryl methyl sites for hydroxylation is 1. The summed E-state index contributed by atoms with van der Waals surface area (Å²) < 4.78 is 21.8. The Hall–Kier alpha value is -4.00. The summed E-state index contributed by atoms with van der Waals surface area (Å²) in [5.74, 6) is 2.28. The highest BCUT2D eigenvalue weighted by molar-refractivity contribution is 6.07. The van der Waals surface area contributed by atoms with Crippen molar-refractivity contribution < 1.29 is 23.4 Å². The first-order chi connectivity index (χ1) is 16.5. The molecule has 4 rings (SSSR count). The van der Waals surface area contributed by atoms with Gasteiger partial charge in [-0.25, -0.2) is 4.98 Å². The van der Waals surface area contributed by atoms with Crippen molar-refractivity contribution in [2.45, 2.75) is 25.8 Å². The molecule has 34 heavy (non-hydrogen) atoms. The molecule has 1 amide bonds. The molecule has 176 valence electrons. The third-order valence-corrected chi connectivity index (χ3v) is 5.70. The maximum Gasteiger partial charge on any atom is 0.252 e. The van der Waals surface area contributed by atoms with E-state index in [1.54, 1.807) is 33.7 Å². The van der Waals surface area contributed by atoms with Gasteiger partial charge in [0.25, 0.3) is 5.91 Å². The van der Waals surface area contributed by atoms with Crippen molar-refractivity contribution in [3.8, 4) is 28.5 Å². The van der Waals surface area contributed by atoms with Crippen LogP contribution in [0.15, 0.2) is 65.3 Å². The predicted molar refractivity (Wildman–Crippen MR) is 131 cm³/mol. The molecule has 0 radical (unpaired) electrons. The van der Waals surface area contributed by atoms with E-state index < -0.39 is 0 Å². The van der Waals surface area contributed by atoms with Crippen LogP contribution in [0.2, 0.25) is 0 Å². The molecule has 0 bridgehead atoms. The second-order valence-electron chi connectivity index (χ2n) is 7.98. The van der Waals surface area contributed by atoms with Crippen molar-refractivity contribution >= 4 is 16.8 Å². The van der Waals surface area contributed by atoms with E-state index in [1.807, 2.05) is 55.5 Å². The summed E-state index contributed by atoms with van der Waals surface area (Å²) in [5, 5.41) is 3.90. The van der Waals surface area contributed by atoms with Gasteiger partial charge >= 0.3 is 0 Å². The van der Waals surface area contributed by atoms with Gasteiger partial charge in [0.15, 0.2) is 11.5 Å². The van der Waals surface area contributed by atoms with Crippen molar-refractivity contribution in [2.24, 2.45) is 0 Å². The summed E-state index contributed by atoms with van der Waals surface area (Å²) in [6.07, 6.45) is 3.18. The molecule has 0 spiro atoms. The number of pyridine rings is 1. The highest BCUT2D eigenvalue weighted by atomic mass is 16.5. The van der Waals surface area contributed by atoms with Gasteiger partial charge in [0.1, 0.15) is 5.76 Å². The Kier molecular flexibility index (Phi) is 7.01. The van der Waals surface area contributed by atoms with Crippen LogP contribution in [-0.2, 0) is 6.42 Å². The molecular formula is C27H28N2O5. The van der Waals surface area contributed by atoms with E-state index in [4.69, 9.17) is 23.6 Å². The van der Waals surface area contributed by atoms with Gasteiger partial charge in [-0.15, -0.1) is 0 Å². The number of carbonyl (C=O) groups excluding carboxylic acids is 1. The summed E-state index contributed by atoms with van der Waals surface area (Å²) in [6.45, 7) is 1.99. The van der Waals surface area contributed by atoms with Crippen molar-refractivity contribution in [1.82, 2.24) is 10.3 Å². The summed E-state index contributed by atoms with van der Waals surface area (Å²) >= 11 is 0. The third-order valence-electron chi connectivity index (χ3n) is 5.70. The molecule has 7 nitrogen and oxygen atoms in total. The molecule has 2 aromatic heterocycles. The number of carbonyl (C=O) groups is 1. The second-order valence-corrected chi connectivity index (χ2v) is 7.98. The quantitative estimate of drug-likeness (QED) is 0.366. The number of hydrogen-bond acceptors (Lipinski definition) is 6. The van der Waals surface area contributed by atoms with Gasteiger partial charge in [0.2, 0.25) is 5.75 Å². The lowest BCUT2D eigenvalue weighted by atomic mass is 10.0. The summed E-state index contributed by atoms with van der Waals surface area (Å²) in [4.78, 5) is 18.1. The van der Waals surface area contributed by atoms with Crippen LogP contribution in [0.25, 0.3) is 22.2 Å². The summed E-state index contributed by atoms with van der Waals surface area (Å²) in [5.41, 5.74) is 2.66. The largest absolute Gasteiger partial charge is 0.493 e. The van der Waals surface area contributed by atoms with E-state index in [2.05, 4.69) is 5.32 Å². The maximum absolute atomic E-state index is 13.3. The van der Waals surface area contributed by atoms with E-state index in [1.165, 1.54) is 0 Å². The molecule has 1 atom stereocenters. The van der Waals surface area contributed by atoms with E-state index >= 15 is 0 Å². The minimum Gasteiger partial charge on any atom is -0.493 e. The Morgan fingerprint density at radius 2 is 1.74 bits per heavy atom. The molecule has 0 fully saturated rings. The number of hydrogen-bond donors (Lipinski definition) is 1. The summed E-state index contributed by atoms with van der Waals surface area (Å²) in [7, 11) is 4.69. The van der Waals surface area contributed by atoms with Gasteiger partial charge in [-0.05, 0) is 49.7 Å². The summed E-state index contributed by atoms with van der Waals surface area (Å²) in [6, 6.07) is 16.8. The predicted octanol–water partition coefficient (Wildman–Crippen LogP) is 5.27. The molecule has 0 aliphatic heterocycles. The molecule has 7 heteroatoms. The van der Waals surface area contributed by atoms with E-state index in [0.717, 1.165) is 35.1 Å². The molecule has 2 aromatic carbocycles. The standard InChI is InChI=1S/C27H28N2O5/c1-17(11-12-19-8-7-13-34-19)28-27(30)21-16-23(29-22-10-6-5-9-20(21)22)18-14-24(31-2)26(33-4)25(15-18)32-3/h5-10,13-17H,11-12H2,1-4H3,(H,28,30). The number of amides is 1. The lowest BCUT2D eigenvalue weighted by Gasteiger charge is -2.16. The van der Waals surface area contributed by atoms with Crippen LogP contribution in [0.5, 0.6) is 17.2 Å². The van der Waals surface area contributed by atoms with Gasteiger partial charge in [-0.3, -0.25) is 4.79 Å². The number of nitrogens with zero attached hydrogens (tertiary/aromatic N) is 1. The topological polar surface area (TPSA) is 82.8 Å². The van der Waals surface area contributed by atoms with Crippen molar-refractivity contribution in [1.29, 1.82) is 0 Å². The Morgan fingerprint density at radius 3 is 2.38 bits per heavy atom. The van der Waals surface area contributed by atoms with Crippen LogP contribution in [0.3, 0.4) is 0 Å². The van der Waals surface area contributed by atoms with Crippen LogP contribution in [0, 0.1) is 0 Å². The SMILES string of the molecule is COc1cc(-c2cc(C(=O)NC(C)CCc3ccco3)c3ccccc3n2)cc(OC)c1OC. The van der Waals surface area contributed by atoms with E-state index in [9.17, 15) is 4.79 Å². The van der Waals surface area contributed by atoms with Crippen molar-refractivity contribution in [2.75, 3.05) is 21.3 Å². The van der Waals surface area contributed by atoms with Crippen LogP contribution in [0.1, 0.15) is 29.5 Å². The maximum atomic E-state index is 13.3. The number of fused-ring (bicyclic) bond motifs is 1. The minimum absolute atomic E-state index is 0.0332. The van der Waals surface area contributed by atoms with Gasteiger partial charge in [0, 0.05) is 23.4 Å². The van der Waals surface area contributed by atoms with Crippen molar-refractivity contribution in [3.05, 3.63) is 72.2 Å². The molecule has 0 aliphatic carbocycles. The minimum atomic E-state index is -0.153. The molecular weight excluding hydrogens is 432 g/mol. The molecule has 4 aromatic rings. The lowest BCUT2D eigenvalue weighted by Crippen LogP contribution is -2.33. The zero-order valence-corrected chi connectivity index (χ0v) is 19.8. The molecule has 2 heterocycles. The van der Waals surface area contributed by atoms with Crippen molar-refractivity contribution in [3.63, 3.8) is 0 Å². The molecule has 0 saturated heterocycles. The fourth-order valence-electron chi connectivity index (χ4n) is 3.93. The molecule has 0 saturated carbocycles. The lowest BCUT2D eigenvalue weighted by molar-refractivity contribution is 0.0939. The molecule has 0 aliphatic rings. The number of ether oxygens (including phenoxy) is 3. The zero-order valence-electron chi connectivity index (χ0n) is 19.8. The average molecular weight is 461 g/mol. The highest BCUT2D eigenvalue weighted by Gasteiger charge is 2.19. The van der Waals surface area contributed by atoms with Gasteiger partial charge in [0.05, 0.1) is 44.4 Å². The first-order valence-corrected chi connectivity index (χ1v) is 11.1. The molecule has 1 unspecified atom stereocenters. The number of aromatic nitrogens is 1. The Morgan fingerprint density at radius 1 is 1.00 bits per heavy atom. The normalized spacial score (nSPS) is 11.8.